The van der Waals surface area contributed by atoms with Gasteiger partial charge < -0.3 is 5.11 Å². The van der Waals surface area contributed by atoms with Gasteiger partial charge in [0.15, 0.2) is 0 Å². The van der Waals surface area contributed by atoms with E-state index in [1.807, 2.05) is 0 Å². The molecule has 0 aromatic carbocycles. The molecule has 0 atom stereocenters. The maximum absolute atomic E-state index is 10.5. The van der Waals surface area contributed by atoms with Gasteiger partial charge in [0.05, 0.1) is 4.92 Å². The first kappa shape index (κ1) is 11.7. The van der Waals surface area contributed by atoms with Crippen LogP contribution in [0, 0.1) is 28.9 Å². The van der Waals surface area contributed by atoms with E-state index in [1.165, 1.54) is 19.1 Å². The molecule has 0 saturated carbocycles. The van der Waals surface area contributed by atoms with Crippen LogP contribution in [0.1, 0.15) is 17.8 Å². The largest absolute Gasteiger partial charge is 0.481 e. The lowest BCUT2D eigenvalue weighted by Crippen LogP contribution is -1.96. The molecule has 0 spiro atoms. The zero-order valence-electron chi connectivity index (χ0n) is 8.43. The Bertz CT molecular complexity index is 499. The van der Waals surface area contributed by atoms with Gasteiger partial charge >= 0.3 is 5.97 Å². The van der Waals surface area contributed by atoms with E-state index in [0.29, 0.717) is 5.69 Å². The third kappa shape index (κ3) is 3.06. The number of carboxylic acids is 1. The van der Waals surface area contributed by atoms with E-state index in [0.717, 1.165) is 0 Å². The maximum Gasteiger partial charge on any atom is 0.315 e. The van der Waals surface area contributed by atoms with E-state index in [9.17, 15) is 14.9 Å². The summed E-state index contributed by atoms with van der Waals surface area (Å²) in [6, 6.07) is 2.69. The van der Waals surface area contributed by atoms with Gasteiger partial charge in [0, 0.05) is 6.07 Å². The minimum Gasteiger partial charge on any atom is -0.481 e. The topological polar surface area (TPSA) is 93.3 Å². The first-order valence-electron chi connectivity index (χ1n) is 4.33. The molecule has 82 valence electrons. The standard InChI is InChI=1S/C10H8N2O4/c1-7-9(12(15)16)6-5-8(11-7)3-2-4-10(13)14/h5-6H,4H2,1H3,(H,13,14). The second kappa shape index (κ2) is 4.89. The molecule has 6 nitrogen and oxygen atoms in total. The zero-order chi connectivity index (χ0) is 12.1. The molecule has 0 unspecified atom stereocenters. The molecule has 1 rings (SSSR count). The van der Waals surface area contributed by atoms with E-state index < -0.39 is 10.9 Å². The molecule has 1 heterocycles. The van der Waals surface area contributed by atoms with Crippen LogP contribution in [-0.2, 0) is 4.79 Å². The number of nitrogens with zero attached hydrogens (tertiary/aromatic N) is 2. The fourth-order valence-electron chi connectivity index (χ4n) is 1.03. The number of nitro groups is 1. The van der Waals surface area contributed by atoms with Crippen molar-refractivity contribution in [2.45, 2.75) is 13.3 Å². The summed E-state index contributed by atoms with van der Waals surface area (Å²) in [4.78, 5) is 24.0. The number of aromatic nitrogens is 1. The van der Waals surface area contributed by atoms with Gasteiger partial charge in [-0.3, -0.25) is 14.9 Å². The number of aryl methyl sites for hydroxylation is 1. The van der Waals surface area contributed by atoms with Gasteiger partial charge in [0.1, 0.15) is 17.8 Å². The Morgan fingerprint density at radius 3 is 2.81 bits per heavy atom. The van der Waals surface area contributed by atoms with Crippen molar-refractivity contribution in [2.75, 3.05) is 0 Å². The van der Waals surface area contributed by atoms with Gasteiger partial charge in [-0.05, 0) is 18.9 Å². The maximum atomic E-state index is 10.5. The molecule has 0 fully saturated rings. The van der Waals surface area contributed by atoms with Gasteiger partial charge in [-0.25, -0.2) is 4.98 Å². The molecule has 0 saturated heterocycles. The number of pyridine rings is 1. The Hall–Kier alpha value is -2.42. The van der Waals surface area contributed by atoms with Crippen molar-refractivity contribution < 1.29 is 14.8 Å². The van der Waals surface area contributed by atoms with Crippen LogP contribution in [0.5, 0.6) is 0 Å². The van der Waals surface area contributed by atoms with Crippen LogP contribution in [0.4, 0.5) is 5.69 Å². The first-order chi connectivity index (χ1) is 7.50. The summed E-state index contributed by atoms with van der Waals surface area (Å²) in [6.07, 6.45) is -0.280. The van der Waals surface area contributed by atoms with Crippen molar-refractivity contribution in [2.24, 2.45) is 0 Å². The molecule has 0 aliphatic heterocycles. The quantitative estimate of drug-likeness (QED) is 0.458. The summed E-state index contributed by atoms with van der Waals surface area (Å²) in [6.45, 7) is 1.50. The van der Waals surface area contributed by atoms with Crippen LogP contribution >= 0.6 is 0 Å². The Morgan fingerprint density at radius 2 is 2.31 bits per heavy atom. The molecule has 0 aliphatic carbocycles. The first-order valence-corrected chi connectivity index (χ1v) is 4.33. The number of aliphatic carboxylic acids is 1. The number of hydrogen-bond acceptors (Lipinski definition) is 4. The highest BCUT2D eigenvalue weighted by molar-refractivity contribution is 5.70. The van der Waals surface area contributed by atoms with Crippen LogP contribution in [0.25, 0.3) is 0 Å². The lowest BCUT2D eigenvalue weighted by molar-refractivity contribution is -0.385. The Morgan fingerprint density at radius 1 is 1.62 bits per heavy atom. The van der Waals surface area contributed by atoms with Gasteiger partial charge in [-0.15, -0.1) is 0 Å². The Kier molecular flexibility index (Phi) is 3.56. The molecule has 1 aromatic rings. The van der Waals surface area contributed by atoms with Crippen molar-refractivity contribution in [3.63, 3.8) is 0 Å². The summed E-state index contributed by atoms with van der Waals surface area (Å²) in [5.74, 6) is 3.89. The summed E-state index contributed by atoms with van der Waals surface area (Å²) >= 11 is 0. The molecular formula is C10H8N2O4. The highest BCUT2D eigenvalue weighted by Crippen LogP contribution is 2.14. The predicted molar refractivity (Wildman–Crippen MR) is 54.8 cm³/mol. The van der Waals surface area contributed by atoms with Gasteiger partial charge in [0.2, 0.25) is 0 Å². The fourth-order valence-corrected chi connectivity index (χ4v) is 1.03. The Labute approximate surface area is 91.1 Å². The number of carbonyl (C=O) groups is 1. The van der Waals surface area contributed by atoms with Crippen LogP contribution < -0.4 is 0 Å². The third-order valence-corrected chi connectivity index (χ3v) is 1.71. The summed E-state index contributed by atoms with van der Waals surface area (Å²) < 4.78 is 0. The van der Waals surface area contributed by atoms with Crippen LogP contribution in [0.15, 0.2) is 12.1 Å². The second-order valence-corrected chi connectivity index (χ2v) is 2.93. The van der Waals surface area contributed by atoms with Crippen molar-refractivity contribution in [1.29, 1.82) is 0 Å². The monoisotopic (exact) mass is 220 g/mol. The van der Waals surface area contributed by atoms with E-state index in [1.54, 1.807) is 0 Å². The molecule has 6 heteroatoms. The highest BCUT2D eigenvalue weighted by Gasteiger charge is 2.10. The lowest BCUT2D eigenvalue weighted by atomic mass is 10.2. The third-order valence-electron chi connectivity index (χ3n) is 1.71. The second-order valence-electron chi connectivity index (χ2n) is 2.93. The molecule has 0 bridgehead atoms. The normalized spacial score (nSPS) is 9.06. The van der Waals surface area contributed by atoms with E-state index in [2.05, 4.69) is 16.8 Å². The minimum absolute atomic E-state index is 0.0798. The smallest absolute Gasteiger partial charge is 0.315 e. The Balaban J connectivity index is 2.92. The van der Waals surface area contributed by atoms with Crippen LogP contribution in [0.2, 0.25) is 0 Å². The number of hydrogen-bond donors (Lipinski definition) is 1. The van der Waals surface area contributed by atoms with Crippen LogP contribution in [-0.4, -0.2) is 21.0 Å². The van der Waals surface area contributed by atoms with E-state index in [4.69, 9.17) is 5.11 Å². The van der Waals surface area contributed by atoms with E-state index >= 15 is 0 Å². The van der Waals surface area contributed by atoms with Gasteiger partial charge in [-0.2, -0.15) is 0 Å². The summed E-state index contributed by atoms with van der Waals surface area (Å²) in [7, 11) is 0. The minimum atomic E-state index is -1.02. The average molecular weight is 220 g/mol. The van der Waals surface area contributed by atoms with Gasteiger partial charge in [0.25, 0.3) is 5.69 Å². The lowest BCUT2D eigenvalue weighted by Gasteiger charge is -1.95. The molecule has 1 N–H and O–H groups in total. The summed E-state index contributed by atoms with van der Waals surface area (Å²) in [5.41, 5.74) is 0.500. The molecule has 0 radical (unpaired) electrons. The van der Waals surface area contributed by atoms with Crippen LogP contribution in [0.3, 0.4) is 0 Å². The molecule has 1 aromatic heterocycles. The number of rotatable bonds is 2. The molecular weight excluding hydrogens is 212 g/mol. The predicted octanol–water partition coefficient (Wildman–Crippen LogP) is 1.12. The summed E-state index contributed by atoms with van der Waals surface area (Å²) in [5, 5.41) is 18.8. The zero-order valence-corrected chi connectivity index (χ0v) is 8.43. The van der Waals surface area contributed by atoms with Crippen molar-refractivity contribution >= 4 is 11.7 Å². The molecule has 0 amide bonds. The van der Waals surface area contributed by atoms with Crippen molar-refractivity contribution in [3.8, 4) is 11.8 Å². The highest BCUT2D eigenvalue weighted by atomic mass is 16.6. The average Bonchev–Trinajstić information content (AvgIpc) is 2.16. The van der Waals surface area contributed by atoms with Crippen molar-refractivity contribution in [1.82, 2.24) is 4.98 Å². The fraction of sp³-hybridized carbons (Fsp3) is 0.200. The SMILES string of the molecule is Cc1nc(C#CCC(=O)O)ccc1[N+](=O)[O-]. The molecule has 0 aliphatic rings. The molecule has 16 heavy (non-hydrogen) atoms. The van der Waals surface area contributed by atoms with E-state index in [-0.39, 0.29) is 17.8 Å². The van der Waals surface area contributed by atoms with Gasteiger partial charge in [-0.1, -0.05) is 5.92 Å². The number of carboxylic acid groups (broad SMARTS) is 1. The van der Waals surface area contributed by atoms with Crippen molar-refractivity contribution in [3.05, 3.63) is 33.6 Å².